The van der Waals surface area contributed by atoms with Gasteiger partial charge in [0, 0.05) is 17.8 Å². The summed E-state index contributed by atoms with van der Waals surface area (Å²) in [5.41, 5.74) is 9.63. The van der Waals surface area contributed by atoms with Crippen LogP contribution in [0.2, 0.25) is 0 Å². The Morgan fingerprint density at radius 3 is 2.38 bits per heavy atom. The maximum Gasteiger partial charge on any atom is 0.279 e. The number of hydrazine groups is 1. The summed E-state index contributed by atoms with van der Waals surface area (Å²) >= 11 is 1.49. The van der Waals surface area contributed by atoms with Gasteiger partial charge < -0.3 is 4.74 Å². The van der Waals surface area contributed by atoms with Crippen molar-refractivity contribution in [1.82, 2.24) is 20.8 Å². The van der Waals surface area contributed by atoms with E-state index in [4.69, 9.17) is 4.74 Å². The molecule has 0 bridgehead atoms. The van der Waals surface area contributed by atoms with Crippen molar-refractivity contribution in [3.05, 3.63) is 46.3 Å². The first kappa shape index (κ1) is 22.7. The van der Waals surface area contributed by atoms with Gasteiger partial charge in [-0.05, 0) is 70.1 Å². The van der Waals surface area contributed by atoms with Crippen molar-refractivity contribution in [2.24, 2.45) is 0 Å². The van der Waals surface area contributed by atoms with Gasteiger partial charge in [-0.25, -0.2) is 9.97 Å². The van der Waals surface area contributed by atoms with Crippen LogP contribution >= 0.6 is 11.8 Å². The first-order valence-electron chi connectivity index (χ1n) is 9.42. The second-order valence-corrected chi connectivity index (χ2v) is 7.63. The molecular weight excluding hydrogens is 388 g/mol. The van der Waals surface area contributed by atoms with Gasteiger partial charge in [-0.15, -0.1) is 0 Å². The monoisotopic (exact) mass is 416 g/mol. The number of carbonyl (C=O) groups is 2. The summed E-state index contributed by atoms with van der Waals surface area (Å²) in [6.45, 7) is 9.39. The van der Waals surface area contributed by atoms with Crippen molar-refractivity contribution in [3.63, 3.8) is 0 Å². The fraction of sp³-hybridized carbons (Fsp3) is 0.429. The number of hydrogen-bond donors (Lipinski definition) is 2. The van der Waals surface area contributed by atoms with E-state index in [1.54, 1.807) is 6.92 Å². The number of nitrogens with zero attached hydrogens (tertiary/aromatic N) is 2. The third-order valence-corrected chi connectivity index (χ3v) is 5.29. The van der Waals surface area contributed by atoms with Gasteiger partial charge in [-0.2, -0.15) is 0 Å². The number of amides is 2. The van der Waals surface area contributed by atoms with E-state index in [2.05, 4.69) is 20.8 Å². The number of aromatic nitrogens is 2. The maximum absolute atomic E-state index is 12.2. The van der Waals surface area contributed by atoms with Crippen molar-refractivity contribution in [3.8, 4) is 5.75 Å². The minimum Gasteiger partial charge on any atom is -0.481 e. The predicted octanol–water partition coefficient (Wildman–Crippen LogP) is 2.98. The first-order valence-corrected chi connectivity index (χ1v) is 10.6. The molecule has 0 aliphatic heterocycles. The van der Waals surface area contributed by atoms with Gasteiger partial charge in [0.15, 0.2) is 11.3 Å². The molecule has 7 nitrogen and oxygen atoms in total. The van der Waals surface area contributed by atoms with Gasteiger partial charge in [-0.1, -0.05) is 23.9 Å². The van der Waals surface area contributed by atoms with E-state index in [0.29, 0.717) is 12.2 Å². The van der Waals surface area contributed by atoms with Crippen LogP contribution in [0.1, 0.15) is 41.4 Å². The van der Waals surface area contributed by atoms with Crippen molar-refractivity contribution < 1.29 is 14.3 Å². The Morgan fingerprint density at radius 2 is 1.76 bits per heavy atom. The van der Waals surface area contributed by atoms with E-state index < -0.39 is 12.0 Å². The van der Waals surface area contributed by atoms with Crippen molar-refractivity contribution >= 4 is 23.6 Å². The topological polar surface area (TPSA) is 93.2 Å². The molecule has 0 spiro atoms. The Hall–Kier alpha value is -2.61. The quantitative estimate of drug-likeness (QED) is 0.409. The highest BCUT2D eigenvalue weighted by Gasteiger charge is 2.17. The molecule has 0 unspecified atom stereocenters. The summed E-state index contributed by atoms with van der Waals surface area (Å²) in [5, 5.41) is 0.721. The number of ether oxygens (including phenoxy) is 1. The number of nitrogens with one attached hydrogen (secondary N) is 2. The summed E-state index contributed by atoms with van der Waals surface area (Å²) in [4.78, 5) is 33.2. The minimum absolute atomic E-state index is 0.218. The molecule has 2 rings (SSSR count). The third-order valence-electron chi connectivity index (χ3n) is 4.74. The Kier molecular flexibility index (Phi) is 8.01. The molecule has 0 aliphatic rings. The smallest absolute Gasteiger partial charge is 0.279 e. The summed E-state index contributed by atoms with van der Waals surface area (Å²) < 4.78 is 5.72. The van der Waals surface area contributed by atoms with E-state index in [1.807, 2.05) is 52.1 Å². The molecular formula is C21H28N4O3S. The standard InChI is InChI=1S/C21H28N4O3S/c1-12-8-7-9-18(13(12)2)28-16(5)20(27)25-24-19(26)11-10-17-14(3)22-21(29-6)23-15(17)4/h7-9,16H,10-11H2,1-6H3,(H,24,26)(H,25,27)/t16-/m0/s1. The normalized spacial score (nSPS) is 11.7. The summed E-state index contributed by atoms with van der Waals surface area (Å²) in [7, 11) is 0. The van der Waals surface area contributed by atoms with Crippen molar-refractivity contribution in [2.75, 3.05) is 6.26 Å². The van der Waals surface area contributed by atoms with Crippen molar-refractivity contribution in [2.45, 2.75) is 58.7 Å². The van der Waals surface area contributed by atoms with E-state index in [9.17, 15) is 9.59 Å². The lowest BCUT2D eigenvalue weighted by molar-refractivity contribution is -0.132. The Labute approximate surface area is 176 Å². The predicted molar refractivity (Wildman–Crippen MR) is 114 cm³/mol. The Bertz CT molecular complexity index is 878. The summed E-state index contributed by atoms with van der Waals surface area (Å²) in [6.07, 6.45) is 1.90. The summed E-state index contributed by atoms with van der Waals surface area (Å²) in [5.74, 6) is -0.0529. The highest BCUT2D eigenvalue weighted by molar-refractivity contribution is 7.98. The molecule has 1 aromatic carbocycles. The number of thioether (sulfide) groups is 1. The molecule has 156 valence electrons. The van der Waals surface area contributed by atoms with E-state index in [1.165, 1.54) is 11.8 Å². The average Bonchev–Trinajstić information content (AvgIpc) is 2.68. The minimum atomic E-state index is -0.743. The molecule has 0 saturated carbocycles. The molecule has 2 aromatic rings. The maximum atomic E-state index is 12.2. The van der Waals surface area contributed by atoms with E-state index in [0.717, 1.165) is 33.2 Å². The lowest BCUT2D eigenvalue weighted by Crippen LogP contribution is -2.47. The Morgan fingerprint density at radius 1 is 1.10 bits per heavy atom. The molecule has 2 N–H and O–H groups in total. The molecule has 2 amide bonds. The fourth-order valence-electron chi connectivity index (χ4n) is 2.79. The second-order valence-electron chi connectivity index (χ2n) is 6.86. The molecule has 0 fully saturated rings. The number of carbonyl (C=O) groups excluding carboxylic acids is 2. The summed E-state index contributed by atoms with van der Waals surface area (Å²) in [6, 6.07) is 5.68. The van der Waals surface area contributed by atoms with Crippen LogP contribution in [0.15, 0.2) is 23.4 Å². The zero-order valence-corrected chi connectivity index (χ0v) is 18.6. The number of benzene rings is 1. The lowest BCUT2D eigenvalue weighted by Gasteiger charge is -2.17. The van der Waals surface area contributed by atoms with Crippen LogP contribution in [-0.2, 0) is 16.0 Å². The molecule has 1 heterocycles. The van der Waals surface area contributed by atoms with Gasteiger partial charge >= 0.3 is 0 Å². The van der Waals surface area contributed by atoms with Gasteiger partial charge in [0.1, 0.15) is 5.75 Å². The fourth-order valence-corrected chi connectivity index (χ4v) is 3.25. The van der Waals surface area contributed by atoms with Crippen LogP contribution in [0.3, 0.4) is 0 Å². The highest BCUT2D eigenvalue weighted by atomic mass is 32.2. The molecule has 1 atom stereocenters. The SMILES string of the molecule is CSc1nc(C)c(CCC(=O)NNC(=O)[C@H](C)Oc2cccc(C)c2C)c(C)n1. The lowest BCUT2D eigenvalue weighted by atomic mass is 10.1. The second kappa shape index (κ2) is 10.2. The molecule has 0 saturated heterocycles. The third kappa shape index (κ3) is 6.19. The van der Waals surface area contributed by atoms with E-state index >= 15 is 0 Å². The van der Waals surface area contributed by atoms with E-state index in [-0.39, 0.29) is 12.3 Å². The molecule has 0 aliphatic carbocycles. The molecule has 0 radical (unpaired) electrons. The van der Waals surface area contributed by atoms with Crippen LogP contribution in [-0.4, -0.2) is 34.1 Å². The van der Waals surface area contributed by atoms with Crippen molar-refractivity contribution in [1.29, 1.82) is 0 Å². The van der Waals surface area contributed by atoms with Crippen LogP contribution in [0, 0.1) is 27.7 Å². The van der Waals surface area contributed by atoms with Crippen LogP contribution in [0.4, 0.5) is 0 Å². The van der Waals surface area contributed by atoms with Gasteiger partial charge in [0.25, 0.3) is 5.91 Å². The number of hydrogen-bond acceptors (Lipinski definition) is 6. The van der Waals surface area contributed by atoms with Crippen LogP contribution in [0.5, 0.6) is 5.75 Å². The largest absolute Gasteiger partial charge is 0.481 e. The van der Waals surface area contributed by atoms with Crippen LogP contribution in [0.25, 0.3) is 0 Å². The Balaban J connectivity index is 1.84. The molecule has 8 heteroatoms. The van der Waals surface area contributed by atoms with Crippen LogP contribution < -0.4 is 15.6 Å². The first-order chi connectivity index (χ1) is 13.7. The number of rotatable bonds is 7. The zero-order chi connectivity index (χ0) is 21.6. The molecule has 29 heavy (non-hydrogen) atoms. The van der Waals surface area contributed by atoms with Gasteiger partial charge in [-0.3, -0.25) is 20.4 Å². The van der Waals surface area contributed by atoms with Gasteiger partial charge in [0.05, 0.1) is 0 Å². The average molecular weight is 417 g/mol. The highest BCUT2D eigenvalue weighted by Crippen LogP contribution is 2.21. The molecule has 1 aromatic heterocycles. The number of aryl methyl sites for hydroxylation is 3. The zero-order valence-electron chi connectivity index (χ0n) is 17.8. The van der Waals surface area contributed by atoms with Gasteiger partial charge in [0.2, 0.25) is 5.91 Å².